The molecule has 1 aliphatic heterocycles. The van der Waals surface area contributed by atoms with E-state index in [2.05, 4.69) is 0 Å². The molecule has 6 nitrogen and oxygen atoms in total. The summed E-state index contributed by atoms with van der Waals surface area (Å²) in [4.78, 5) is 14.0. The van der Waals surface area contributed by atoms with Gasteiger partial charge in [0.15, 0.2) is 0 Å². The van der Waals surface area contributed by atoms with E-state index in [1.165, 1.54) is 0 Å². The van der Waals surface area contributed by atoms with Gasteiger partial charge in [-0.25, -0.2) is 8.42 Å². The van der Waals surface area contributed by atoms with Crippen molar-refractivity contribution in [3.05, 3.63) is 42.7 Å². The molecular formula is C16H17ClN2O4S. The molecular weight excluding hydrogens is 352 g/mol. The number of benzene rings is 1. The summed E-state index contributed by atoms with van der Waals surface area (Å²) in [7, 11) is 3.25. The molecule has 1 amide bonds. The highest BCUT2D eigenvalue weighted by molar-refractivity contribution is 8.13. The van der Waals surface area contributed by atoms with Gasteiger partial charge in [0, 0.05) is 48.0 Å². The van der Waals surface area contributed by atoms with E-state index in [4.69, 9.17) is 15.4 Å². The highest BCUT2D eigenvalue weighted by Gasteiger charge is 2.34. The summed E-state index contributed by atoms with van der Waals surface area (Å²) in [6, 6.07) is 9.25. The molecule has 1 saturated heterocycles. The Labute approximate surface area is 145 Å². The molecule has 1 aromatic heterocycles. The number of rotatable bonds is 5. The van der Waals surface area contributed by atoms with Crippen LogP contribution in [0.4, 0.5) is 5.69 Å². The van der Waals surface area contributed by atoms with Crippen molar-refractivity contribution in [2.45, 2.75) is 6.42 Å². The first-order valence-electron chi connectivity index (χ1n) is 7.41. The molecule has 8 heteroatoms. The molecule has 24 heavy (non-hydrogen) atoms. The van der Waals surface area contributed by atoms with Gasteiger partial charge in [0.25, 0.3) is 0 Å². The zero-order chi connectivity index (χ0) is 17.3. The predicted octanol–water partition coefficient (Wildman–Crippen LogP) is 2.41. The second-order valence-corrected chi connectivity index (χ2v) is 8.55. The van der Waals surface area contributed by atoms with Crippen molar-refractivity contribution in [3.63, 3.8) is 0 Å². The van der Waals surface area contributed by atoms with Gasteiger partial charge in [-0.1, -0.05) is 0 Å². The van der Waals surface area contributed by atoms with Gasteiger partial charge >= 0.3 is 0 Å². The van der Waals surface area contributed by atoms with Crippen LogP contribution in [0.5, 0.6) is 5.75 Å². The Balaban J connectivity index is 1.97. The molecule has 1 aromatic carbocycles. The summed E-state index contributed by atoms with van der Waals surface area (Å²) < 4.78 is 29.8. The number of halogens is 1. The van der Waals surface area contributed by atoms with Gasteiger partial charge in [0.2, 0.25) is 15.0 Å². The van der Waals surface area contributed by atoms with E-state index in [9.17, 15) is 13.2 Å². The molecule has 128 valence electrons. The summed E-state index contributed by atoms with van der Waals surface area (Å²) in [5.74, 6) is -0.0209. The van der Waals surface area contributed by atoms with Crippen molar-refractivity contribution in [1.82, 2.24) is 4.57 Å². The number of carbonyl (C=O) groups excluding carboxylic acids is 1. The maximum atomic E-state index is 12.4. The molecule has 1 atom stereocenters. The number of carbonyl (C=O) groups is 1. The molecule has 2 aromatic rings. The quantitative estimate of drug-likeness (QED) is 0.760. The second-order valence-electron chi connectivity index (χ2n) is 5.72. The van der Waals surface area contributed by atoms with Crippen molar-refractivity contribution in [3.8, 4) is 11.4 Å². The lowest BCUT2D eigenvalue weighted by molar-refractivity contribution is -0.117. The van der Waals surface area contributed by atoms with Crippen LogP contribution in [0, 0.1) is 5.92 Å². The van der Waals surface area contributed by atoms with Gasteiger partial charge in [-0.3, -0.25) is 4.79 Å². The summed E-state index contributed by atoms with van der Waals surface area (Å²) >= 11 is 0. The minimum Gasteiger partial charge on any atom is -0.497 e. The Morgan fingerprint density at radius 2 is 1.96 bits per heavy atom. The summed E-state index contributed by atoms with van der Waals surface area (Å²) in [6.07, 6.45) is 3.92. The van der Waals surface area contributed by atoms with Crippen molar-refractivity contribution < 1.29 is 17.9 Å². The Kier molecular flexibility index (Phi) is 4.56. The zero-order valence-corrected chi connectivity index (χ0v) is 14.6. The van der Waals surface area contributed by atoms with Crippen LogP contribution in [0.15, 0.2) is 42.7 Å². The number of methoxy groups -OCH3 is 1. The highest BCUT2D eigenvalue weighted by atomic mass is 35.7. The van der Waals surface area contributed by atoms with Gasteiger partial charge in [-0.05, 0) is 24.3 Å². The van der Waals surface area contributed by atoms with E-state index in [1.54, 1.807) is 18.1 Å². The molecule has 0 N–H and O–H groups in total. The van der Waals surface area contributed by atoms with Gasteiger partial charge in [0.05, 0.1) is 24.2 Å². The lowest BCUT2D eigenvalue weighted by Crippen LogP contribution is -2.26. The van der Waals surface area contributed by atoms with Crippen molar-refractivity contribution in [1.29, 1.82) is 0 Å². The van der Waals surface area contributed by atoms with Crippen molar-refractivity contribution >= 4 is 31.3 Å². The van der Waals surface area contributed by atoms with E-state index in [1.807, 2.05) is 41.2 Å². The van der Waals surface area contributed by atoms with E-state index < -0.39 is 9.05 Å². The van der Waals surface area contributed by atoms with E-state index in [-0.39, 0.29) is 24.0 Å². The monoisotopic (exact) mass is 368 g/mol. The first-order chi connectivity index (χ1) is 11.4. The third-order valence-electron chi connectivity index (χ3n) is 4.00. The molecule has 3 rings (SSSR count). The number of anilines is 1. The molecule has 0 bridgehead atoms. The Hall–Kier alpha value is -1.99. The minimum absolute atomic E-state index is 0.123. The maximum absolute atomic E-state index is 12.4. The van der Waals surface area contributed by atoms with Gasteiger partial charge in [-0.15, -0.1) is 0 Å². The fraction of sp³-hybridized carbons (Fsp3) is 0.312. The summed E-state index contributed by atoms with van der Waals surface area (Å²) in [5.41, 5.74) is 1.51. The molecule has 0 radical (unpaired) electrons. The third kappa shape index (κ3) is 3.57. The molecule has 1 unspecified atom stereocenters. The average Bonchev–Trinajstić information content (AvgIpc) is 3.15. The van der Waals surface area contributed by atoms with Crippen LogP contribution in [0.1, 0.15) is 6.42 Å². The molecule has 0 saturated carbocycles. The van der Waals surface area contributed by atoms with Crippen LogP contribution in [0.25, 0.3) is 5.69 Å². The first-order valence-corrected chi connectivity index (χ1v) is 9.89. The van der Waals surface area contributed by atoms with Crippen LogP contribution < -0.4 is 9.64 Å². The molecule has 0 aliphatic carbocycles. The third-order valence-corrected chi connectivity index (χ3v) is 5.24. The van der Waals surface area contributed by atoms with Crippen LogP contribution in [0.3, 0.4) is 0 Å². The number of hydrogen-bond donors (Lipinski definition) is 0. The zero-order valence-electron chi connectivity index (χ0n) is 13.1. The van der Waals surface area contributed by atoms with E-state index in [0.717, 1.165) is 5.69 Å². The van der Waals surface area contributed by atoms with E-state index in [0.29, 0.717) is 18.0 Å². The SMILES string of the molecule is COc1ccc(-n2cccc2)c(N2CC(CS(=O)(=O)Cl)CC2=O)c1. The van der Waals surface area contributed by atoms with Gasteiger partial charge < -0.3 is 14.2 Å². The predicted molar refractivity (Wildman–Crippen MR) is 92.4 cm³/mol. The average molecular weight is 369 g/mol. The Morgan fingerprint density at radius 1 is 1.25 bits per heavy atom. The van der Waals surface area contributed by atoms with E-state index >= 15 is 0 Å². The highest BCUT2D eigenvalue weighted by Crippen LogP contribution is 2.34. The Morgan fingerprint density at radius 3 is 2.58 bits per heavy atom. The van der Waals surface area contributed by atoms with Gasteiger partial charge in [-0.2, -0.15) is 0 Å². The number of aromatic nitrogens is 1. The summed E-state index contributed by atoms with van der Waals surface area (Å²) in [6.45, 7) is 0.312. The second kappa shape index (κ2) is 6.49. The molecule has 0 spiro atoms. The smallest absolute Gasteiger partial charge is 0.232 e. The number of hydrogen-bond acceptors (Lipinski definition) is 4. The topological polar surface area (TPSA) is 68.6 Å². The maximum Gasteiger partial charge on any atom is 0.232 e. The van der Waals surface area contributed by atoms with Crippen LogP contribution in [0.2, 0.25) is 0 Å². The Bertz CT molecular complexity index is 849. The van der Waals surface area contributed by atoms with Crippen LogP contribution >= 0.6 is 10.7 Å². The van der Waals surface area contributed by atoms with Crippen molar-refractivity contribution in [2.24, 2.45) is 5.92 Å². The number of nitrogens with zero attached hydrogens (tertiary/aromatic N) is 2. The largest absolute Gasteiger partial charge is 0.497 e. The van der Waals surface area contributed by atoms with Crippen molar-refractivity contribution in [2.75, 3.05) is 24.3 Å². The van der Waals surface area contributed by atoms with Crippen LogP contribution in [-0.4, -0.2) is 38.3 Å². The lowest BCUT2D eigenvalue weighted by Gasteiger charge is -2.21. The standard InChI is InChI=1S/C16H17ClN2O4S/c1-23-13-4-5-14(18-6-2-3-7-18)15(9-13)19-10-12(8-16(19)20)11-24(17,21)22/h2-7,9,12H,8,10-11H2,1H3. The van der Waals surface area contributed by atoms with Gasteiger partial charge in [0.1, 0.15) is 5.75 Å². The first kappa shape index (κ1) is 16.9. The fourth-order valence-corrected chi connectivity index (χ4v) is 4.29. The normalized spacial score (nSPS) is 18.2. The lowest BCUT2D eigenvalue weighted by atomic mass is 10.1. The summed E-state index contributed by atoms with van der Waals surface area (Å²) in [5, 5.41) is 0. The molecule has 2 heterocycles. The minimum atomic E-state index is -3.64. The number of ether oxygens (including phenoxy) is 1. The number of amides is 1. The fourth-order valence-electron chi connectivity index (χ4n) is 2.97. The molecule has 1 fully saturated rings. The van der Waals surface area contributed by atoms with Crippen LogP contribution in [-0.2, 0) is 13.8 Å². The molecule has 1 aliphatic rings.